The van der Waals surface area contributed by atoms with Gasteiger partial charge in [-0.1, -0.05) is 30.1 Å². The monoisotopic (exact) mass is 329 g/mol. The Morgan fingerprint density at radius 2 is 1.81 bits per heavy atom. The van der Waals surface area contributed by atoms with Gasteiger partial charge in [0.25, 0.3) is 0 Å². The van der Waals surface area contributed by atoms with Crippen LogP contribution in [0.2, 0.25) is 10.0 Å². The predicted molar refractivity (Wildman–Crippen MR) is 82.8 cm³/mol. The van der Waals surface area contributed by atoms with Gasteiger partial charge in [0.15, 0.2) is 0 Å². The summed E-state index contributed by atoms with van der Waals surface area (Å²) in [6, 6.07) is 3.26. The van der Waals surface area contributed by atoms with E-state index in [4.69, 9.17) is 23.2 Å². The van der Waals surface area contributed by atoms with Crippen molar-refractivity contribution in [3.63, 3.8) is 0 Å². The van der Waals surface area contributed by atoms with E-state index in [1.165, 1.54) is 0 Å². The molecule has 1 fully saturated rings. The first-order valence-electron chi connectivity index (χ1n) is 6.79. The largest absolute Gasteiger partial charge is 0.481 e. The van der Waals surface area contributed by atoms with E-state index in [1.54, 1.807) is 12.1 Å². The Balaban J connectivity index is 2.18. The van der Waals surface area contributed by atoms with Gasteiger partial charge in [-0.25, -0.2) is 0 Å². The van der Waals surface area contributed by atoms with Crippen LogP contribution >= 0.6 is 23.2 Å². The molecule has 2 rings (SSSR count). The molecule has 1 aliphatic rings. The lowest BCUT2D eigenvalue weighted by Gasteiger charge is -2.16. The van der Waals surface area contributed by atoms with Gasteiger partial charge in [0.2, 0.25) is 5.91 Å². The summed E-state index contributed by atoms with van der Waals surface area (Å²) in [6.45, 7) is 3.78. The fraction of sp³-hybridized carbons (Fsp3) is 0.467. The van der Waals surface area contributed by atoms with E-state index < -0.39 is 17.8 Å². The number of aryl methyl sites for hydroxylation is 1. The average molecular weight is 330 g/mol. The van der Waals surface area contributed by atoms with E-state index in [0.29, 0.717) is 28.6 Å². The third-order valence-corrected chi connectivity index (χ3v) is 4.68. The summed E-state index contributed by atoms with van der Waals surface area (Å²) in [7, 11) is 0. The summed E-state index contributed by atoms with van der Waals surface area (Å²) in [6.07, 6.45) is 1.09. The SMILES string of the molecule is Cc1cc(Cl)c(NC(=O)C2CC(C)CC2C(=O)O)cc1Cl. The third-order valence-electron chi connectivity index (χ3n) is 3.96. The van der Waals surface area contributed by atoms with E-state index in [0.717, 1.165) is 5.56 Å². The highest BCUT2D eigenvalue weighted by Gasteiger charge is 2.41. The number of benzene rings is 1. The first kappa shape index (κ1) is 16.1. The van der Waals surface area contributed by atoms with Gasteiger partial charge >= 0.3 is 5.97 Å². The van der Waals surface area contributed by atoms with E-state index in [9.17, 15) is 14.7 Å². The number of aliphatic carboxylic acids is 1. The van der Waals surface area contributed by atoms with E-state index in [1.807, 2.05) is 13.8 Å². The van der Waals surface area contributed by atoms with Crippen LogP contribution in [0, 0.1) is 24.7 Å². The van der Waals surface area contributed by atoms with Crippen molar-refractivity contribution in [3.05, 3.63) is 27.7 Å². The van der Waals surface area contributed by atoms with Crippen LogP contribution in [0.3, 0.4) is 0 Å². The summed E-state index contributed by atoms with van der Waals surface area (Å²) in [5, 5.41) is 12.8. The second kappa shape index (κ2) is 6.24. The van der Waals surface area contributed by atoms with Crippen LogP contribution in [0.5, 0.6) is 0 Å². The first-order chi connectivity index (χ1) is 9.79. The molecule has 0 bridgehead atoms. The molecule has 0 saturated heterocycles. The molecule has 2 N–H and O–H groups in total. The number of carboxylic acid groups (broad SMARTS) is 1. The van der Waals surface area contributed by atoms with Crippen LogP contribution in [0.15, 0.2) is 12.1 Å². The van der Waals surface area contributed by atoms with Gasteiger partial charge in [0.05, 0.1) is 22.5 Å². The molecular formula is C15H17Cl2NO3. The van der Waals surface area contributed by atoms with Crippen LogP contribution in [-0.4, -0.2) is 17.0 Å². The molecule has 114 valence electrons. The maximum atomic E-state index is 12.3. The van der Waals surface area contributed by atoms with E-state index >= 15 is 0 Å². The van der Waals surface area contributed by atoms with Crippen LogP contribution in [0.1, 0.15) is 25.3 Å². The van der Waals surface area contributed by atoms with E-state index in [-0.39, 0.29) is 11.8 Å². The molecule has 0 aliphatic heterocycles. The maximum Gasteiger partial charge on any atom is 0.307 e. The standard InChI is InChI=1S/C15H17Cl2NO3/c1-7-3-9(10(4-7)15(20)21)14(19)18-13-6-11(16)8(2)5-12(13)17/h5-7,9-10H,3-4H2,1-2H3,(H,18,19)(H,20,21). The van der Waals surface area contributed by atoms with Crippen molar-refractivity contribution in [1.29, 1.82) is 0 Å². The van der Waals surface area contributed by atoms with Crippen molar-refractivity contribution in [2.45, 2.75) is 26.7 Å². The molecule has 3 atom stereocenters. The van der Waals surface area contributed by atoms with Crippen LogP contribution in [0.25, 0.3) is 0 Å². The molecule has 0 radical (unpaired) electrons. The highest BCUT2D eigenvalue weighted by atomic mass is 35.5. The number of hydrogen-bond donors (Lipinski definition) is 2. The number of amides is 1. The minimum Gasteiger partial charge on any atom is -0.481 e. The molecule has 4 nitrogen and oxygen atoms in total. The van der Waals surface area contributed by atoms with Crippen molar-refractivity contribution in [1.82, 2.24) is 0 Å². The highest BCUT2D eigenvalue weighted by molar-refractivity contribution is 6.36. The molecule has 1 aromatic carbocycles. The molecule has 1 aromatic rings. The smallest absolute Gasteiger partial charge is 0.307 e. The summed E-state index contributed by atoms with van der Waals surface area (Å²) in [5.74, 6) is -2.19. The Labute approximate surface area is 133 Å². The maximum absolute atomic E-state index is 12.3. The van der Waals surface area contributed by atoms with Gasteiger partial charge < -0.3 is 10.4 Å². The molecule has 0 aromatic heterocycles. The number of carbonyl (C=O) groups is 2. The van der Waals surface area contributed by atoms with Crippen molar-refractivity contribution >= 4 is 40.8 Å². The van der Waals surface area contributed by atoms with Gasteiger partial charge in [0.1, 0.15) is 0 Å². The van der Waals surface area contributed by atoms with Crippen molar-refractivity contribution in [3.8, 4) is 0 Å². The Morgan fingerprint density at radius 1 is 1.19 bits per heavy atom. The molecule has 1 amide bonds. The van der Waals surface area contributed by atoms with Gasteiger partial charge in [0, 0.05) is 5.02 Å². The lowest BCUT2D eigenvalue weighted by atomic mass is 9.95. The molecule has 3 unspecified atom stereocenters. The Hall–Kier alpha value is -1.26. The van der Waals surface area contributed by atoms with Gasteiger partial charge in [-0.2, -0.15) is 0 Å². The summed E-state index contributed by atoms with van der Waals surface area (Å²) in [5.41, 5.74) is 1.23. The molecular weight excluding hydrogens is 313 g/mol. The second-order valence-electron chi connectivity index (χ2n) is 5.70. The molecule has 1 aliphatic carbocycles. The minimum absolute atomic E-state index is 0.221. The average Bonchev–Trinajstić information content (AvgIpc) is 2.78. The van der Waals surface area contributed by atoms with Gasteiger partial charge in [-0.05, 0) is 43.4 Å². The first-order valence-corrected chi connectivity index (χ1v) is 7.54. The van der Waals surface area contributed by atoms with Gasteiger partial charge in [-0.3, -0.25) is 9.59 Å². The lowest BCUT2D eigenvalue weighted by Crippen LogP contribution is -2.30. The molecule has 0 heterocycles. The van der Waals surface area contributed by atoms with Crippen LogP contribution in [0.4, 0.5) is 5.69 Å². The number of rotatable bonds is 3. The number of nitrogens with one attached hydrogen (secondary N) is 1. The molecule has 1 saturated carbocycles. The number of hydrogen-bond acceptors (Lipinski definition) is 2. The Kier molecular flexibility index (Phi) is 4.79. The number of halogens is 2. The van der Waals surface area contributed by atoms with Crippen molar-refractivity contribution in [2.75, 3.05) is 5.32 Å². The fourth-order valence-corrected chi connectivity index (χ4v) is 3.25. The molecule has 0 spiro atoms. The fourth-order valence-electron chi connectivity index (χ4n) is 2.82. The summed E-state index contributed by atoms with van der Waals surface area (Å²) < 4.78 is 0. The predicted octanol–water partition coefficient (Wildman–Crippen LogP) is 3.99. The summed E-state index contributed by atoms with van der Waals surface area (Å²) >= 11 is 12.1. The molecule has 6 heteroatoms. The lowest BCUT2D eigenvalue weighted by molar-refractivity contribution is -0.145. The normalized spacial score (nSPS) is 24.9. The zero-order valence-electron chi connectivity index (χ0n) is 11.8. The van der Waals surface area contributed by atoms with Crippen LogP contribution in [-0.2, 0) is 9.59 Å². The zero-order valence-corrected chi connectivity index (χ0v) is 13.3. The number of anilines is 1. The van der Waals surface area contributed by atoms with Crippen molar-refractivity contribution < 1.29 is 14.7 Å². The summed E-state index contributed by atoms with van der Waals surface area (Å²) in [4.78, 5) is 23.6. The quantitative estimate of drug-likeness (QED) is 0.881. The zero-order chi connectivity index (χ0) is 15.7. The van der Waals surface area contributed by atoms with Gasteiger partial charge in [-0.15, -0.1) is 0 Å². The topological polar surface area (TPSA) is 66.4 Å². The number of carboxylic acids is 1. The Morgan fingerprint density at radius 3 is 2.43 bits per heavy atom. The molecule has 21 heavy (non-hydrogen) atoms. The third kappa shape index (κ3) is 3.50. The Bertz CT molecular complexity index is 589. The minimum atomic E-state index is -0.924. The van der Waals surface area contributed by atoms with Crippen LogP contribution < -0.4 is 5.32 Å². The number of carbonyl (C=O) groups excluding carboxylic acids is 1. The van der Waals surface area contributed by atoms with E-state index in [2.05, 4.69) is 5.32 Å². The van der Waals surface area contributed by atoms with Crippen molar-refractivity contribution in [2.24, 2.45) is 17.8 Å². The second-order valence-corrected chi connectivity index (χ2v) is 6.51. The highest BCUT2D eigenvalue weighted by Crippen LogP contribution is 2.38.